The van der Waals surface area contributed by atoms with Gasteiger partial charge in [0.2, 0.25) is 0 Å². The van der Waals surface area contributed by atoms with Crippen molar-refractivity contribution in [2.24, 2.45) is 0 Å². The summed E-state index contributed by atoms with van der Waals surface area (Å²) in [7, 11) is 0. The first kappa shape index (κ1) is 19.0. The molecule has 0 fully saturated rings. The minimum atomic E-state index is -0.353. The van der Waals surface area contributed by atoms with Crippen LogP contribution in [0.1, 0.15) is 26.3 Å². The SMILES string of the molecule is Cc1ccc(NC(=O)c2ccc(NC(=O)c3ccc(Cl)cc3Cl)cc2)cc1. The molecule has 136 valence electrons. The molecule has 27 heavy (non-hydrogen) atoms. The number of rotatable bonds is 4. The molecule has 0 aliphatic rings. The van der Waals surface area contributed by atoms with Crippen molar-refractivity contribution in [2.75, 3.05) is 10.6 Å². The van der Waals surface area contributed by atoms with Crippen LogP contribution in [0.3, 0.4) is 0 Å². The molecule has 0 saturated heterocycles. The van der Waals surface area contributed by atoms with Crippen LogP contribution in [0.5, 0.6) is 0 Å². The van der Waals surface area contributed by atoms with Crippen LogP contribution in [0.25, 0.3) is 0 Å². The van der Waals surface area contributed by atoms with Crippen LogP contribution in [0.2, 0.25) is 10.0 Å². The Morgan fingerprint density at radius 3 is 1.89 bits per heavy atom. The van der Waals surface area contributed by atoms with Gasteiger partial charge in [0.15, 0.2) is 0 Å². The molecule has 0 radical (unpaired) electrons. The molecular weight excluding hydrogens is 383 g/mol. The third-order valence-electron chi connectivity index (χ3n) is 3.89. The number of amides is 2. The summed E-state index contributed by atoms with van der Waals surface area (Å²) in [6.45, 7) is 1.98. The lowest BCUT2D eigenvalue weighted by atomic mass is 10.1. The Morgan fingerprint density at radius 1 is 0.741 bits per heavy atom. The van der Waals surface area contributed by atoms with Gasteiger partial charge in [-0.05, 0) is 61.5 Å². The van der Waals surface area contributed by atoms with Gasteiger partial charge < -0.3 is 10.6 Å². The van der Waals surface area contributed by atoms with Gasteiger partial charge in [0.25, 0.3) is 11.8 Å². The lowest BCUT2D eigenvalue weighted by Gasteiger charge is -2.09. The highest BCUT2D eigenvalue weighted by atomic mass is 35.5. The Hall–Kier alpha value is -2.82. The number of carbonyl (C=O) groups excluding carboxylic acids is 2. The highest BCUT2D eigenvalue weighted by molar-refractivity contribution is 6.37. The smallest absolute Gasteiger partial charge is 0.257 e. The predicted octanol–water partition coefficient (Wildman–Crippen LogP) is 5.81. The van der Waals surface area contributed by atoms with Crippen molar-refractivity contribution in [1.82, 2.24) is 0 Å². The highest BCUT2D eigenvalue weighted by Gasteiger charge is 2.12. The number of benzene rings is 3. The van der Waals surface area contributed by atoms with Crippen LogP contribution in [0.15, 0.2) is 66.7 Å². The maximum absolute atomic E-state index is 12.3. The van der Waals surface area contributed by atoms with Crippen LogP contribution < -0.4 is 10.6 Å². The van der Waals surface area contributed by atoms with E-state index in [4.69, 9.17) is 23.2 Å². The van der Waals surface area contributed by atoms with E-state index < -0.39 is 0 Å². The van der Waals surface area contributed by atoms with E-state index in [0.29, 0.717) is 21.8 Å². The minimum Gasteiger partial charge on any atom is -0.322 e. The first-order chi connectivity index (χ1) is 12.9. The van der Waals surface area contributed by atoms with Crippen LogP contribution in [-0.2, 0) is 0 Å². The quantitative estimate of drug-likeness (QED) is 0.582. The lowest BCUT2D eigenvalue weighted by molar-refractivity contribution is 0.102. The molecule has 3 aromatic carbocycles. The van der Waals surface area contributed by atoms with Crippen molar-refractivity contribution in [3.63, 3.8) is 0 Å². The average molecular weight is 399 g/mol. The van der Waals surface area contributed by atoms with Gasteiger partial charge in [0, 0.05) is 22.0 Å². The molecule has 0 aliphatic heterocycles. The molecule has 0 aromatic heterocycles. The molecule has 3 rings (SSSR count). The topological polar surface area (TPSA) is 58.2 Å². The van der Waals surface area contributed by atoms with E-state index in [1.165, 1.54) is 6.07 Å². The zero-order valence-electron chi connectivity index (χ0n) is 14.4. The summed E-state index contributed by atoms with van der Waals surface area (Å²) < 4.78 is 0. The van der Waals surface area contributed by atoms with E-state index in [1.807, 2.05) is 31.2 Å². The standard InChI is InChI=1S/C21H16Cl2N2O2/c1-13-2-7-16(8-3-13)24-20(26)14-4-9-17(10-5-14)25-21(27)18-11-6-15(22)12-19(18)23/h2-12H,1H3,(H,24,26)(H,25,27). The summed E-state index contributed by atoms with van der Waals surface area (Å²) in [4.78, 5) is 24.6. The van der Waals surface area contributed by atoms with Gasteiger partial charge >= 0.3 is 0 Å². The van der Waals surface area contributed by atoms with Crippen molar-refractivity contribution in [3.05, 3.63) is 93.5 Å². The maximum Gasteiger partial charge on any atom is 0.257 e. The van der Waals surface area contributed by atoms with Crippen molar-refractivity contribution in [3.8, 4) is 0 Å². The van der Waals surface area contributed by atoms with Crippen molar-refractivity contribution >= 4 is 46.4 Å². The van der Waals surface area contributed by atoms with E-state index in [-0.39, 0.29) is 16.8 Å². The fourth-order valence-electron chi connectivity index (χ4n) is 2.42. The number of halogens is 2. The monoisotopic (exact) mass is 398 g/mol. The van der Waals surface area contributed by atoms with Crippen LogP contribution in [0.4, 0.5) is 11.4 Å². The van der Waals surface area contributed by atoms with E-state index in [9.17, 15) is 9.59 Å². The summed E-state index contributed by atoms with van der Waals surface area (Å²) in [6.07, 6.45) is 0. The molecule has 0 unspecified atom stereocenters. The summed E-state index contributed by atoms with van der Waals surface area (Å²) >= 11 is 11.9. The second-order valence-corrected chi connectivity index (χ2v) is 6.82. The number of nitrogens with one attached hydrogen (secondary N) is 2. The van der Waals surface area contributed by atoms with Gasteiger partial charge in [-0.1, -0.05) is 40.9 Å². The van der Waals surface area contributed by atoms with Crippen molar-refractivity contribution < 1.29 is 9.59 Å². The molecule has 2 amide bonds. The Balaban J connectivity index is 1.66. The van der Waals surface area contributed by atoms with Crippen molar-refractivity contribution in [2.45, 2.75) is 6.92 Å². The zero-order chi connectivity index (χ0) is 19.4. The molecular formula is C21H16Cl2N2O2. The lowest BCUT2D eigenvalue weighted by Crippen LogP contribution is -2.14. The average Bonchev–Trinajstić information content (AvgIpc) is 2.64. The van der Waals surface area contributed by atoms with E-state index >= 15 is 0 Å². The molecule has 0 bridgehead atoms. The van der Waals surface area contributed by atoms with Crippen LogP contribution in [-0.4, -0.2) is 11.8 Å². The minimum absolute atomic E-state index is 0.225. The zero-order valence-corrected chi connectivity index (χ0v) is 15.9. The number of hydrogen-bond acceptors (Lipinski definition) is 2. The number of anilines is 2. The number of carbonyl (C=O) groups is 2. The van der Waals surface area contributed by atoms with Gasteiger partial charge in [-0.25, -0.2) is 0 Å². The van der Waals surface area contributed by atoms with Gasteiger partial charge in [0.1, 0.15) is 0 Å². The summed E-state index contributed by atoms with van der Waals surface area (Å²) in [5.41, 5.74) is 3.20. The molecule has 0 heterocycles. The molecule has 2 N–H and O–H groups in total. The molecule has 0 spiro atoms. The fourth-order valence-corrected chi connectivity index (χ4v) is 2.91. The largest absolute Gasteiger partial charge is 0.322 e. The third kappa shape index (κ3) is 4.88. The second kappa shape index (κ2) is 8.25. The fraction of sp³-hybridized carbons (Fsp3) is 0.0476. The van der Waals surface area contributed by atoms with E-state index in [1.54, 1.807) is 36.4 Å². The molecule has 3 aromatic rings. The van der Waals surface area contributed by atoms with Crippen LogP contribution in [0, 0.1) is 6.92 Å². The molecule has 0 saturated carbocycles. The van der Waals surface area contributed by atoms with Gasteiger partial charge in [-0.2, -0.15) is 0 Å². The molecule has 4 nitrogen and oxygen atoms in total. The predicted molar refractivity (Wildman–Crippen MR) is 110 cm³/mol. The van der Waals surface area contributed by atoms with Gasteiger partial charge in [-0.15, -0.1) is 0 Å². The third-order valence-corrected chi connectivity index (χ3v) is 4.44. The van der Waals surface area contributed by atoms with E-state index in [0.717, 1.165) is 11.3 Å². The highest BCUT2D eigenvalue weighted by Crippen LogP contribution is 2.22. The molecule has 0 aliphatic carbocycles. The first-order valence-electron chi connectivity index (χ1n) is 8.17. The summed E-state index contributed by atoms with van der Waals surface area (Å²) in [5.74, 6) is -0.578. The molecule has 6 heteroatoms. The van der Waals surface area contributed by atoms with Gasteiger partial charge in [0.05, 0.1) is 10.6 Å². The van der Waals surface area contributed by atoms with E-state index in [2.05, 4.69) is 10.6 Å². The summed E-state index contributed by atoms with van der Waals surface area (Å²) in [6, 6.07) is 18.8. The normalized spacial score (nSPS) is 10.3. The van der Waals surface area contributed by atoms with Gasteiger partial charge in [-0.3, -0.25) is 9.59 Å². The first-order valence-corrected chi connectivity index (χ1v) is 8.92. The van der Waals surface area contributed by atoms with Crippen LogP contribution >= 0.6 is 23.2 Å². The summed E-state index contributed by atoms with van der Waals surface area (Å²) in [5, 5.41) is 6.30. The second-order valence-electron chi connectivity index (χ2n) is 5.98. The van der Waals surface area contributed by atoms with Crippen molar-refractivity contribution in [1.29, 1.82) is 0 Å². The Bertz CT molecular complexity index is 984. The Kier molecular flexibility index (Phi) is 5.79. The Morgan fingerprint density at radius 2 is 1.30 bits per heavy atom. The molecule has 0 atom stereocenters. The number of aryl methyl sites for hydroxylation is 1. The maximum atomic E-state index is 12.3. The Labute approximate surface area is 167 Å². The number of hydrogen-bond donors (Lipinski definition) is 2.